The van der Waals surface area contributed by atoms with Crippen LogP contribution in [0.3, 0.4) is 0 Å². The topological polar surface area (TPSA) is 68.4 Å². The lowest BCUT2D eigenvalue weighted by Crippen LogP contribution is -2.54. The van der Waals surface area contributed by atoms with E-state index < -0.39 is 6.04 Å². The Labute approximate surface area is 179 Å². The number of fused-ring (bicyclic) bond motifs is 1. The first-order valence-electron chi connectivity index (χ1n) is 11.4. The molecule has 0 aliphatic carbocycles. The summed E-state index contributed by atoms with van der Waals surface area (Å²) < 4.78 is 0. The Balaban J connectivity index is 1.46. The van der Waals surface area contributed by atoms with Gasteiger partial charge in [0.25, 0.3) is 0 Å². The van der Waals surface area contributed by atoms with E-state index in [0.717, 1.165) is 42.4 Å². The van der Waals surface area contributed by atoms with E-state index in [1.54, 1.807) is 0 Å². The van der Waals surface area contributed by atoms with Crippen LogP contribution in [0.4, 0.5) is 0 Å². The van der Waals surface area contributed by atoms with Crippen molar-refractivity contribution in [3.05, 3.63) is 36.0 Å². The predicted octanol–water partition coefficient (Wildman–Crippen LogP) is 2.94. The molecule has 6 heteroatoms. The molecule has 0 saturated carbocycles. The van der Waals surface area contributed by atoms with Crippen LogP contribution >= 0.6 is 0 Å². The Kier molecular flexibility index (Phi) is 6.42. The third kappa shape index (κ3) is 4.53. The second-order valence-corrected chi connectivity index (χ2v) is 9.08. The summed E-state index contributed by atoms with van der Waals surface area (Å²) >= 11 is 0. The first-order chi connectivity index (χ1) is 14.5. The molecule has 1 atom stereocenters. The largest absolute Gasteiger partial charge is 0.361 e. The van der Waals surface area contributed by atoms with E-state index in [4.69, 9.17) is 0 Å². The van der Waals surface area contributed by atoms with Crippen LogP contribution in [-0.4, -0.2) is 64.9 Å². The number of aromatic nitrogens is 1. The van der Waals surface area contributed by atoms with E-state index in [0.29, 0.717) is 12.5 Å². The Morgan fingerprint density at radius 2 is 1.80 bits per heavy atom. The molecule has 2 aromatic rings. The normalized spacial score (nSPS) is 19.5. The molecule has 2 N–H and O–H groups in total. The molecular formula is C24H34N4O2. The summed E-state index contributed by atoms with van der Waals surface area (Å²) in [6.07, 6.45) is 7.13. The van der Waals surface area contributed by atoms with E-state index in [1.807, 2.05) is 43.1 Å². The predicted molar refractivity (Wildman–Crippen MR) is 119 cm³/mol. The third-order valence-corrected chi connectivity index (χ3v) is 6.67. The highest BCUT2D eigenvalue weighted by atomic mass is 16.2. The molecular weight excluding hydrogens is 376 g/mol. The molecule has 2 amide bonds. The number of rotatable bonds is 6. The van der Waals surface area contributed by atoms with Crippen molar-refractivity contribution in [2.75, 3.05) is 26.2 Å². The number of likely N-dealkylation sites (tertiary alicyclic amines) is 2. The van der Waals surface area contributed by atoms with E-state index in [9.17, 15) is 9.59 Å². The fourth-order valence-corrected chi connectivity index (χ4v) is 4.84. The van der Waals surface area contributed by atoms with Crippen molar-refractivity contribution in [1.29, 1.82) is 0 Å². The van der Waals surface area contributed by atoms with Crippen molar-refractivity contribution in [2.24, 2.45) is 5.92 Å². The average Bonchev–Trinajstić information content (AvgIpc) is 3.43. The minimum Gasteiger partial charge on any atom is -0.361 e. The molecule has 6 nitrogen and oxygen atoms in total. The molecule has 0 bridgehead atoms. The fraction of sp³-hybridized carbons (Fsp3) is 0.583. The van der Waals surface area contributed by atoms with Crippen LogP contribution in [0.15, 0.2) is 30.5 Å². The number of aromatic amines is 1. The molecule has 0 radical (unpaired) electrons. The Bertz CT molecular complexity index is 876. The van der Waals surface area contributed by atoms with Gasteiger partial charge in [0.1, 0.15) is 6.04 Å². The number of hydrogen-bond acceptors (Lipinski definition) is 3. The first kappa shape index (κ1) is 20.9. The van der Waals surface area contributed by atoms with Crippen molar-refractivity contribution >= 4 is 22.7 Å². The van der Waals surface area contributed by atoms with Gasteiger partial charge in [-0.05, 0) is 50.4 Å². The molecule has 2 fully saturated rings. The Morgan fingerprint density at radius 1 is 1.10 bits per heavy atom. The second kappa shape index (κ2) is 9.21. The number of amides is 2. The molecule has 30 heavy (non-hydrogen) atoms. The van der Waals surface area contributed by atoms with Gasteiger partial charge in [-0.1, -0.05) is 32.0 Å². The lowest BCUT2D eigenvalue weighted by atomic mass is 9.99. The number of hydrogen-bond donors (Lipinski definition) is 2. The van der Waals surface area contributed by atoms with E-state index >= 15 is 0 Å². The van der Waals surface area contributed by atoms with Crippen molar-refractivity contribution in [2.45, 2.75) is 58.0 Å². The van der Waals surface area contributed by atoms with Crippen molar-refractivity contribution in [1.82, 2.24) is 20.1 Å². The van der Waals surface area contributed by atoms with Crippen molar-refractivity contribution in [3.63, 3.8) is 0 Å². The summed E-state index contributed by atoms with van der Waals surface area (Å²) in [4.78, 5) is 33.7. The molecule has 162 valence electrons. The zero-order chi connectivity index (χ0) is 21.1. The quantitative estimate of drug-likeness (QED) is 0.769. The Morgan fingerprint density at radius 3 is 2.50 bits per heavy atom. The maximum Gasteiger partial charge on any atom is 0.245 e. The standard InChI is InChI=1S/C24H34N4O2/c1-17(2)23(29)26-22(15-18-16-25-21-8-4-3-7-20(18)21)24(30)28-13-9-19(10-14-28)27-11-5-6-12-27/h3-4,7-8,16-17,19,22,25H,5-6,9-15H2,1-2H3,(H,26,29). The molecule has 2 aliphatic heterocycles. The highest BCUT2D eigenvalue weighted by Gasteiger charge is 2.32. The van der Waals surface area contributed by atoms with Gasteiger partial charge < -0.3 is 20.1 Å². The Hall–Kier alpha value is -2.34. The lowest BCUT2D eigenvalue weighted by molar-refractivity contribution is -0.138. The summed E-state index contributed by atoms with van der Waals surface area (Å²) in [6, 6.07) is 8.18. The second-order valence-electron chi connectivity index (χ2n) is 9.08. The number of nitrogens with zero attached hydrogens (tertiary/aromatic N) is 2. The van der Waals surface area contributed by atoms with Crippen LogP contribution < -0.4 is 5.32 Å². The lowest BCUT2D eigenvalue weighted by Gasteiger charge is -2.38. The number of benzene rings is 1. The van der Waals surface area contributed by atoms with Crippen molar-refractivity contribution < 1.29 is 9.59 Å². The van der Waals surface area contributed by atoms with Gasteiger partial charge in [0.05, 0.1) is 0 Å². The summed E-state index contributed by atoms with van der Waals surface area (Å²) in [5.74, 6) is -0.168. The summed E-state index contributed by atoms with van der Waals surface area (Å²) in [7, 11) is 0. The maximum absolute atomic E-state index is 13.4. The maximum atomic E-state index is 13.4. The fourth-order valence-electron chi connectivity index (χ4n) is 4.84. The molecule has 0 spiro atoms. The molecule has 1 aromatic heterocycles. The molecule has 4 rings (SSSR count). The minimum absolute atomic E-state index is 0.0501. The van der Waals surface area contributed by atoms with Crippen LogP contribution in [-0.2, 0) is 16.0 Å². The number of H-pyrrole nitrogens is 1. The number of carbonyl (C=O) groups is 2. The monoisotopic (exact) mass is 410 g/mol. The average molecular weight is 411 g/mol. The van der Waals surface area contributed by atoms with E-state index in [1.165, 1.54) is 25.9 Å². The first-order valence-corrected chi connectivity index (χ1v) is 11.4. The summed E-state index contributed by atoms with van der Waals surface area (Å²) in [6.45, 7) is 7.69. The van der Waals surface area contributed by atoms with Gasteiger partial charge in [-0.2, -0.15) is 0 Å². The molecule has 3 heterocycles. The van der Waals surface area contributed by atoms with Crippen molar-refractivity contribution in [3.8, 4) is 0 Å². The van der Waals surface area contributed by atoms with Gasteiger partial charge >= 0.3 is 0 Å². The van der Waals surface area contributed by atoms with Gasteiger partial charge in [0.2, 0.25) is 11.8 Å². The molecule has 1 unspecified atom stereocenters. The molecule has 2 aliphatic rings. The van der Waals surface area contributed by atoms with Gasteiger partial charge in [-0.15, -0.1) is 0 Å². The van der Waals surface area contributed by atoms with Gasteiger partial charge in [0, 0.05) is 48.6 Å². The highest BCUT2D eigenvalue weighted by molar-refractivity contribution is 5.90. The number of piperidine rings is 1. The minimum atomic E-state index is -0.526. The van der Waals surface area contributed by atoms with Crippen LogP contribution in [0.25, 0.3) is 10.9 Å². The molecule has 2 saturated heterocycles. The summed E-state index contributed by atoms with van der Waals surface area (Å²) in [5, 5.41) is 4.14. The highest BCUT2D eigenvalue weighted by Crippen LogP contribution is 2.23. The number of para-hydroxylation sites is 1. The van der Waals surface area contributed by atoms with Crippen LogP contribution in [0.1, 0.15) is 45.1 Å². The third-order valence-electron chi connectivity index (χ3n) is 6.67. The smallest absolute Gasteiger partial charge is 0.245 e. The van der Waals surface area contributed by atoms with E-state index in [2.05, 4.69) is 21.3 Å². The van der Waals surface area contributed by atoms with Crippen LogP contribution in [0, 0.1) is 5.92 Å². The van der Waals surface area contributed by atoms with Crippen LogP contribution in [0.5, 0.6) is 0 Å². The van der Waals surface area contributed by atoms with Gasteiger partial charge in [0.15, 0.2) is 0 Å². The number of carbonyl (C=O) groups excluding carboxylic acids is 2. The van der Waals surface area contributed by atoms with Crippen LogP contribution in [0.2, 0.25) is 0 Å². The zero-order valence-electron chi connectivity index (χ0n) is 18.2. The summed E-state index contributed by atoms with van der Waals surface area (Å²) in [5.41, 5.74) is 2.13. The zero-order valence-corrected chi connectivity index (χ0v) is 18.2. The van der Waals surface area contributed by atoms with Gasteiger partial charge in [-0.3, -0.25) is 9.59 Å². The number of nitrogens with one attached hydrogen (secondary N) is 2. The SMILES string of the molecule is CC(C)C(=O)NC(Cc1c[nH]c2ccccc12)C(=O)N1CCC(N2CCCC2)CC1. The van der Waals surface area contributed by atoms with E-state index in [-0.39, 0.29) is 17.7 Å². The molecule has 1 aromatic carbocycles. The van der Waals surface area contributed by atoms with Gasteiger partial charge in [-0.25, -0.2) is 0 Å².